The van der Waals surface area contributed by atoms with Crippen LogP contribution in [0.5, 0.6) is 11.6 Å². The van der Waals surface area contributed by atoms with E-state index in [4.69, 9.17) is 4.74 Å². The highest BCUT2D eigenvalue weighted by molar-refractivity contribution is 9.10. The van der Waals surface area contributed by atoms with Crippen LogP contribution in [0, 0.1) is 15.9 Å². The smallest absolute Gasteiger partial charge is 0.311 e. The minimum atomic E-state index is -0.664. The van der Waals surface area contributed by atoms with Gasteiger partial charge in [-0.15, -0.1) is 0 Å². The van der Waals surface area contributed by atoms with Gasteiger partial charge in [-0.3, -0.25) is 10.1 Å². The average Bonchev–Trinajstić information content (AvgIpc) is 2.41. The summed E-state index contributed by atoms with van der Waals surface area (Å²) in [5, 5.41) is 13.7. The van der Waals surface area contributed by atoms with E-state index in [1.54, 1.807) is 7.05 Å². The fraction of sp³-hybridized carbons (Fsp3) is 0.0909. The van der Waals surface area contributed by atoms with Crippen molar-refractivity contribution < 1.29 is 14.1 Å². The lowest BCUT2D eigenvalue weighted by Gasteiger charge is -2.09. The molecule has 0 aliphatic heterocycles. The second kappa shape index (κ2) is 5.78. The van der Waals surface area contributed by atoms with Gasteiger partial charge in [0.1, 0.15) is 22.4 Å². The van der Waals surface area contributed by atoms with Gasteiger partial charge < -0.3 is 10.1 Å². The first-order valence-corrected chi connectivity index (χ1v) is 6.12. The SMILES string of the molecule is CNc1ncnc(Oc2cc(F)ccc2[N+](=O)[O-])c1Br. The van der Waals surface area contributed by atoms with Crippen LogP contribution < -0.4 is 10.1 Å². The van der Waals surface area contributed by atoms with Crippen molar-refractivity contribution in [3.63, 3.8) is 0 Å². The number of nitrogens with zero attached hydrogens (tertiary/aromatic N) is 3. The number of halogens is 2. The monoisotopic (exact) mass is 342 g/mol. The lowest BCUT2D eigenvalue weighted by atomic mass is 10.3. The Hall–Kier alpha value is -2.29. The Bertz CT molecular complexity index is 668. The van der Waals surface area contributed by atoms with E-state index in [9.17, 15) is 14.5 Å². The molecule has 2 rings (SSSR count). The van der Waals surface area contributed by atoms with Crippen LogP contribution in [-0.2, 0) is 0 Å². The first-order chi connectivity index (χ1) is 9.52. The summed E-state index contributed by atoms with van der Waals surface area (Å²) in [6, 6.07) is 2.93. The highest BCUT2D eigenvalue weighted by Gasteiger charge is 2.19. The summed E-state index contributed by atoms with van der Waals surface area (Å²) in [5.41, 5.74) is -0.358. The Kier molecular flexibility index (Phi) is 4.08. The lowest BCUT2D eigenvalue weighted by molar-refractivity contribution is -0.385. The van der Waals surface area contributed by atoms with Crippen LogP contribution in [0.25, 0.3) is 0 Å². The molecule has 0 saturated heterocycles. The molecule has 1 heterocycles. The molecule has 104 valence electrons. The fourth-order valence-corrected chi connectivity index (χ4v) is 1.91. The molecule has 0 bridgehead atoms. The number of hydrogen-bond donors (Lipinski definition) is 1. The van der Waals surface area contributed by atoms with Gasteiger partial charge in [-0.25, -0.2) is 14.4 Å². The standard InChI is InChI=1S/C11H8BrFN4O3/c1-14-10-9(12)11(16-5-15-10)20-8-4-6(13)2-3-7(8)17(18)19/h2-5H,1H3,(H,14,15,16). The van der Waals surface area contributed by atoms with Gasteiger partial charge in [0, 0.05) is 19.2 Å². The predicted molar refractivity (Wildman–Crippen MR) is 72.4 cm³/mol. The Balaban J connectivity index is 2.44. The number of nitro benzene ring substituents is 1. The van der Waals surface area contributed by atoms with Gasteiger partial charge in [0.15, 0.2) is 0 Å². The number of hydrogen-bond acceptors (Lipinski definition) is 6. The second-order valence-corrected chi connectivity index (χ2v) is 4.36. The summed E-state index contributed by atoms with van der Waals surface area (Å²) in [5.74, 6) is -0.409. The van der Waals surface area contributed by atoms with Gasteiger partial charge in [0.25, 0.3) is 0 Å². The first-order valence-electron chi connectivity index (χ1n) is 5.33. The molecule has 0 saturated carbocycles. The van der Waals surface area contributed by atoms with Gasteiger partial charge in [0.2, 0.25) is 11.6 Å². The zero-order valence-electron chi connectivity index (χ0n) is 10.1. The maximum atomic E-state index is 13.2. The van der Waals surface area contributed by atoms with E-state index in [0.717, 1.165) is 18.2 Å². The van der Waals surface area contributed by atoms with Crippen molar-refractivity contribution in [3.05, 3.63) is 44.9 Å². The van der Waals surface area contributed by atoms with Crippen LogP contribution >= 0.6 is 15.9 Å². The van der Waals surface area contributed by atoms with Crippen molar-refractivity contribution in [2.45, 2.75) is 0 Å². The van der Waals surface area contributed by atoms with Gasteiger partial charge >= 0.3 is 5.69 Å². The molecular weight excluding hydrogens is 335 g/mol. The van der Waals surface area contributed by atoms with Gasteiger partial charge in [-0.05, 0) is 22.0 Å². The van der Waals surface area contributed by atoms with Gasteiger partial charge in [-0.2, -0.15) is 0 Å². The molecule has 0 aliphatic carbocycles. The number of ether oxygens (including phenoxy) is 1. The fourth-order valence-electron chi connectivity index (χ4n) is 1.42. The van der Waals surface area contributed by atoms with E-state index in [1.807, 2.05) is 0 Å². The predicted octanol–water partition coefficient (Wildman–Crippen LogP) is 3.12. The molecule has 0 radical (unpaired) electrons. The number of rotatable bonds is 4. The van der Waals surface area contributed by atoms with E-state index in [1.165, 1.54) is 6.33 Å². The normalized spacial score (nSPS) is 10.2. The summed E-state index contributed by atoms with van der Waals surface area (Å²) >= 11 is 3.20. The van der Waals surface area contributed by atoms with E-state index < -0.39 is 10.7 Å². The third-order valence-electron chi connectivity index (χ3n) is 2.32. The first kappa shape index (κ1) is 14.1. The van der Waals surface area contributed by atoms with Crippen LogP contribution in [0.2, 0.25) is 0 Å². The molecule has 0 amide bonds. The number of benzene rings is 1. The summed E-state index contributed by atoms with van der Waals surface area (Å²) in [6.45, 7) is 0. The molecule has 0 fully saturated rings. The molecule has 9 heteroatoms. The number of nitrogens with one attached hydrogen (secondary N) is 1. The molecule has 1 aromatic carbocycles. The minimum absolute atomic E-state index is 0.0399. The molecule has 0 spiro atoms. The maximum Gasteiger partial charge on any atom is 0.311 e. The number of aromatic nitrogens is 2. The van der Waals surface area contributed by atoms with Crippen molar-refractivity contribution >= 4 is 27.4 Å². The molecule has 0 atom stereocenters. The highest BCUT2D eigenvalue weighted by Crippen LogP contribution is 2.36. The van der Waals surface area contributed by atoms with Crippen molar-refractivity contribution in [2.24, 2.45) is 0 Å². The van der Waals surface area contributed by atoms with Crippen LogP contribution in [0.3, 0.4) is 0 Å². The number of anilines is 1. The third-order valence-corrected chi connectivity index (χ3v) is 3.03. The molecule has 0 aliphatic rings. The Morgan fingerprint density at radius 3 is 2.85 bits per heavy atom. The molecule has 20 heavy (non-hydrogen) atoms. The van der Waals surface area contributed by atoms with E-state index in [-0.39, 0.29) is 17.3 Å². The molecular formula is C11H8BrFN4O3. The average molecular weight is 343 g/mol. The number of nitro groups is 1. The van der Waals surface area contributed by atoms with E-state index in [2.05, 4.69) is 31.2 Å². The minimum Gasteiger partial charge on any atom is -0.430 e. The van der Waals surface area contributed by atoms with Crippen LogP contribution in [0.1, 0.15) is 0 Å². The molecule has 2 aromatic rings. The molecule has 0 unspecified atom stereocenters. The van der Waals surface area contributed by atoms with Crippen molar-refractivity contribution in [2.75, 3.05) is 12.4 Å². The summed E-state index contributed by atoms with van der Waals surface area (Å²) in [6.07, 6.45) is 1.22. The van der Waals surface area contributed by atoms with Crippen LogP contribution in [0.4, 0.5) is 15.9 Å². The molecule has 1 aromatic heterocycles. The molecule has 7 nitrogen and oxygen atoms in total. The Labute approximate surface area is 121 Å². The summed E-state index contributed by atoms with van der Waals surface area (Å²) in [4.78, 5) is 18.0. The Morgan fingerprint density at radius 1 is 1.45 bits per heavy atom. The second-order valence-electron chi connectivity index (χ2n) is 3.56. The zero-order chi connectivity index (χ0) is 14.7. The van der Waals surface area contributed by atoms with E-state index >= 15 is 0 Å². The largest absolute Gasteiger partial charge is 0.430 e. The molecule has 1 N–H and O–H groups in total. The van der Waals surface area contributed by atoms with Crippen molar-refractivity contribution in [3.8, 4) is 11.6 Å². The zero-order valence-corrected chi connectivity index (χ0v) is 11.7. The highest BCUT2D eigenvalue weighted by atomic mass is 79.9. The topological polar surface area (TPSA) is 90.2 Å². The van der Waals surface area contributed by atoms with Crippen LogP contribution in [-0.4, -0.2) is 21.9 Å². The quantitative estimate of drug-likeness (QED) is 0.678. The van der Waals surface area contributed by atoms with Crippen molar-refractivity contribution in [1.82, 2.24) is 9.97 Å². The summed E-state index contributed by atoms with van der Waals surface area (Å²) < 4.78 is 18.9. The van der Waals surface area contributed by atoms with Crippen LogP contribution in [0.15, 0.2) is 29.0 Å². The van der Waals surface area contributed by atoms with E-state index in [0.29, 0.717) is 10.3 Å². The maximum absolute atomic E-state index is 13.2. The Morgan fingerprint density at radius 2 is 2.20 bits per heavy atom. The van der Waals surface area contributed by atoms with Crippen molar-refractivity contribution in [1.29, 1.82) is 0 Å². The lowest BCUT2D eigenvalue weighted by Crippen LogP contribution is -1.99. The third kappa shape index (κ3) is 2.82. The van der Waals surface area contributed by atoms with Gasteiger partial charge in [-0.1, -0.05) is 0 Å². The summed E-state index contributed by atoms with van der Waals surface area (Å²) in [7, 11) is 1.64. The van der Waals surface area contributed by atoms with Gasteiger partial charge in [0.05, 0.1) is 4.92 Å².